The average Bonchev–Trinajstić information content (AvgIpc) is 2.74. The van der Waals surface area contributed by atoms with Crippen LogP contribution in [0.15, 0.2) is 42.5 Å². The minimum atomic E-state index is -1.04. The molecule has 164 valence electrons. The lowest BCUT2D eigenvalue weighted by molar-refractivity contribution is -0.117. The lowest BCUT2D eigenvalue weighted by Gasteiger charge is -2.36. The normalized spacial score (nSPS) is 14.2. The number of aromatic carboxylic acids is 1. The number of carbonyl (C=O) groups is 3. The number of hydrogen-bond acceptors (Lipinski definition) is 5. The summed E-state index contributed by atoms with van der Waals surface area (Å²) < 4.78 is 0. The number of aryl methyl sites for hydroxylation is 1. The summed E-state index contributed by atoms with van der Waals surface area (Å²) in [4.78, 5) is 39.8. The number of carboxylic acids is 1. The Kier molecular flexibility index (Phi) is 7.25. The third-order valence-corrected chi connectivity index (χ3v) is 5.21. The van der Waals surface area contributed by atoms with Gasteiger partial charge in [-0.25, -0.2) is 4.79 Å². The number of amides is 2. The molecule has 0 aliphatic carbocycles. The van der Waals surface area contributed by atoms with Crippen molar-refractivity contribution in [1.29, 1.82) is 0 Å². The SMILES string of the molecule is CCC(=O)Nc1ccc(N2CCN(CC(=O)Nc3cccc(C)c3)CC2)c(C(=O)O)c1. The van der Waals surface area contributed by atoms with E-state index in [1.807, 2.05) is 36.1 Å². The largest absolute Gasteiger partial charge is 0.478 e. The van der Waals surface area contributed by atoms with Crippen molar-refractivity contribution >= 4 is 34.8 Å². The van der Waals surface area contributed by atoms with Gasteiger partial charge in [0.1, 0.15) is 0 Å². The van der Waals surface area contributed by atoms with Crippen LogP contribution in [-0.2, 0) is 9.59 Å². The number of nitrogens with one attached hydrogen (secondary N) is 2. The highest BCUT2D eigenvalue weighted by Crippen LogP contribution is 2.26. The van der Waals surface area contributed by atoms with Gasteiger partial charge in [-0.2, -0.15) is 0 Å². The van der Waals surface area contributed by atoms with Crippen LogP contribution in [0.25, 0.3) is 0 Å². The quantitative estimate of drug-likeness (QED) is 0.632. The molecule has 1 aliphatic heterocycles. The monoisotopic (exact) mass is 424 g/mol. The lowest BCUT2D eigenvalue weighted by atomic mass is 10.1. The Hall–Kier alpha value is -3.39. The van der Waals surface area contributed by atoms with Crippen molar-refractivity contribution in [2.24, 2.45) is 0 Å². The fourth-order valence-electron chi connectivity index (χ4n) is 3.58. The Bertz CT molecular complexity index is 968. The Labute approximate surface area is 181 Å². The van der Waals surface area contributed by atoms with Gasteiger partial charge < -0.3 is 20.6 Å². The molecule has 2 amide bonds. The van der Waals surface area contributed by atoms with Crippen LogP contribution in [0.1, 0.15) is 29.3 Å². The summed E-state index contributed by atoms with van der Waals surface area (Å²) in [5.41, 5.74) is 3.11. The van der Waals surface area contributed by atoms with Gasteiger partial charge in [0.2, 0.25) is 11.8 Å². The summed E-state index contributed by atoms with van der Waals surface area (Å²) in [7, 11) is 0. The van der Waals surface area contributed by atoms with E-state index in [0.29, 0.717) is 44.0 Å². The van der Waals surface area contributed by atoms with Crippen molar-refractivity contribution in [3.05, 3.63) is 53.6 Å². The first-order valence-electron chi connectivity index (χ1n) is 10.4. The number of hydrogen-bond donors (Lipinski definition) is 3. The van der Waals surface area contributed by atoms with Gasteiger partial charge in [0.25, 0.3) is 0 Å². The molecule has 8 nitrogen and oxygen atoms in total. The predicted octanol–water partition coefficient (Wildman–Crippen LogP) is 2.80. The third kappa shape index (κ3) is 6.05. The minimum Gasteiger partial charge on any atom is -0.478 e. The fourth-order valence-corrected chi connectivity index (χ4v) is 3.58. The van der Waals surface area contributed by atoms with Crippen molar-refractivity contribution in [3.63, 3.8) is 0 Å². The van der Waals surface area contributed by atoms with Gasteiger partial charge in [0.15, 0.2) is 0 Å². The second kappa shape index (κ2) is 10.1. The van der Waals surface area contributed by atoms with E-state index in [2.05, 4.69) is 15.5 Å². The highest BCUT2D eigenvalue weighted by atomic mass is 16.4. The molecule has 2 aromatic carbocycles. The van der Waals surface area contributed by atoms with E-state index >= 15 is 0 Å². The number of benzene rings is 2. The van der Waals surface area contributed by atoms with E-state index in [9.17, 15) is 19.5 Å². The molecule has 0 saturated carbocycles. The molecule has 2 aromatic rings. The Balaban J connectivity index is 1.59. The summed E-state index contributed by atoms with van der Waals surface area (Å²) in [6, 6.07) is 12.6. The van der Waals surface area contributed by atoms with Crippen LogP contribution >= 0.6 is 0 Å². The second-order valence-corrected chi connectivity index (χ2v) is 7.62. The van der Waals surface area contributed by atoms with Gasteiger partial charge in [0, 0.05) is 44.0 Å². The Morgan fingerprint density at radius 3 is 2.26 bits per heavy atom. The van der Waals surface area contributed by atoms with Gasteiger partial charge in [-0.3, -0.25) is 14.5 Å². The molecule has 31 heavy (non-hydrogen) atoms. The van der Waals surface area contributed by atoms with Gasteiger partial charge in [0.05, 0.1) is 17.8 Å². The molecule has 0 bridgehead atoms. The van der Waals surface area contributed by atoms with Crippen LogP contribution < -0.4 is 15.5 Å². The van der Waals surface area contributed by atoms with E-state index < -0.39 is 5.97 Å². The molecular weight excluding hydrogens is 396 g/mol. The molecule has 1 heterocycles. The zero-order valence-corrected chi connectivity index (χ0v) is 17.9. The summed E-state index contributed by atoms with van der Waals surface area (Å²) in [6.07, 6.45) is 0.323. The number of carbonyl (C=O) groups excluding carboxylic acids is 2. The zero-order chi connectivity index (χ0) is 22.4. The summed E-state index contributed by atoms with van der Waals surface area (Å²) in [6.45, 7) is 6.52. The molecule has 3 rings (SSSR count). The predicted molar refractivity (Wildman–Crippen MR) is 121 cm³/mol. The first kappa shape index (κ1) is 22.3. The first-order valence-corrected chi connectivity index (χ1v) is 10.4. The van der Waals surface area contributed by atoms with Crippen molar-refractivity contribution in [1.82, 2.24) is 4.90 Å². The van der Waals surface area contributed by atoms with E-state index in [1.165, 1.54) is 6.07 Å². The van der Waals surface area contributed by atoms with Crippen LogP contribution in [0.2, 0.25) is 0 Å². The van der Waals surface area contributed by atoms with Gasteiger partial charge >= 0.3 is 5.97 Å². The van der Waals surface area contributed by atoms with Crippen LogP contribution in [0.4, 0.5) is 17.1 Å². The smallest absolute Gasteiger partial charge is 0.337 e. The molecule has 3 N–H and O–H groups in total. The summed E-state index contributed by atoms with van der Waals surface area (Å²) >= 11 is 0. The van der Waals surface area contributed by atoms with Crippen molar-refractivity contribution in [2.75, 3.05) is 48.3 Å². The van der Waals surface area contributed by atoms with Crippen molar-refractivity contribution in [2.45, 2.75) is 20.3 Å². The maximum absolute atomic E-state index is 12.4. The van der Waals surface area contributed by atoms with Crippen LogP contribution in [0, 0.1) is 6.92 Å². The molecule has 0 spiro atoms. The maximum Gasteiger partial charge on any atom is 0.337 e. The number of piperazine rings is 1. The van der Waals surface area contributed by atoms with Gasteiger partial charge in [-0.15, -0.1) is 0 Å². The first-order chi connectivity index (χ1) is 14.9. The van der Waals surface area contributed by atoms with E-state index in [4.69, 9.17) is 0 Å². The molecule has 1 fully saturated rings. The third-order valence-electron chi connectivity index (χ3n) is 5.21. The summed E-state index contributed by atoms with van der Waals surface area (Å²) in [5.74, 6) is -1.27. The Morgan fingerprint density at radius 2 is 1.61 bits per heavy atom. The molecule has 0 aromatic heterocycles. The molecule has 0 unspecified atom stereocenters. The Morgan fingerprint density at radius 1 is 0.935 bits per heavy atom. The zero-order valence-electron chi connectivity index (χ0n) is 17.9. The molecule has 0 radical (unpaired) electrons. The number of rotatable bonds is 7. The minimum absolute atomic E-state index is 0.0682. The van der Waals surface area contributed by atoms with E-state index in [1.54, 1.807) is 19.1 Å². The lowest BCUT2D eigenvalue weighted by Crippen LogP contribution is -2.49. The van der Waals surface area contributed by atoms with Crippen LogP contribution in [-0.4, -0.2) is 60.5 Å². The van der Waals surface area contributed by atoms with Crippen molar-refractivity contribution in [3.8, 4) is 0 Å². The highest BCUT2D eigenvalue weighted by molar-refractivity contribution is 5.98. The molecular formula is C23H28N4O4. The van der Waals surface area contributed by atoms with Crippen molar-refractivity contribution < 1.29 is 19.5 Å². The molecule has 8 heteroatoms. The van der Waals surface area contributed by atoms with Crippen LogP contribution in [0.5, 0.6) is 0 Å². The van der Waals surface area contributed by atoms with Gasteiger partial charge in [-0.05, 0) is 42.8 Å². The van der Waals surface area contributed by atoms with E-state index in [-0.39, 0.29) is 23.9 Å². The van der Waals surface area contributed by atoms with Crippen LogP contribution in [0.3, 0.4) is 0 Å². The van der Waals surface area contributed by atoms with Gasteiger partial charge in [-0.1, -0.05) is 19.1 Å². The topological polar surface area (TPSA) is 102 Å². The standard InChI is InChI=1S/C23H28N4O4/c1-3-21(28)24-18-7-8-20(19(14-18)23(30)31)27-11-9-26(10-12-27)15-22(29)25-17-6-4-5-16(2)13-17/h4-8,13-14H,3,9-12,15H2,1-2H3,(H,24,28)(H,25,29)(H,30,31). The fraction of sp³-hybridized carbons (Fsp3) is 0.348. The summed E-state index contributed by atoms with van der Waals surface area (Å²) in [5, 5.41) is 15.3. The number of carboxylic acid groups (broad SMARTS) is 1. The number of nitrogens with zero attached hydrogens (tertiary/aromatic N) is 2. The molecule has 1 aliphatic rings. The van der Waals surface area contributed by atoms with E-state index in [0.717, 1.165) is 11.3 Å². The molecule has 0 atom stereocenters. The number of anilines is 3. The molecule has 1 saturated heterocycles. The highest BCUT2D eigenvalue weighted by Gasteiger charge is 2.23. The average molecular weight is 425 g/mol. The maximum atomic E-state index is 12.4. The second-order valence-electron chi connectivity index (χ2n) is 7.62.